The maximum absolute atomic E-state index is 13.0. The largest absolute Gasteiger partial charge is 0.355 e. The Balaban J connectivity index is 1.77. The molecule has 17 heavy (non-hydrogen) atoms. The summed E-state index contributed by atoms with van der Waals surface area (Å²) in [5.74, 6) is 0.505. The molecule has 0 atom stereocenters. The number of rotatable bonds is 4. The summed E-state index contributed by atoms with van der Waals surface area (Å²) in [4.78, 5) is 7.48. The summed E-state index contributed by atoms with van der Waals surface area (Å²) in [5.41, 5.74) is 2.02. The summed E-state index contributed by atoms with van der Waals surface area (Å²) in [6.07, 6.45) is 3.80. The third-order valence-electron chi connectivity index (χ3n) is 3.78. The molecular formula is C13H16FN3. The standard InChI is InChI=1S/C13H16FN3/c1-2-13(5-6-13)8-15-12-16-10-4-3-9(14)7-11(10)17-12/h3-4,7H,2,5-6,8H2,1H3,(H2,15,16,17). The van der Waals surface area contributed by atoms with Gasteiger partial charge < -0.3 is 10.3 Å². The molecule has 1 fully saturated rings. The molecule has 0 amide bonds. The van der Waals surface area contributed by atoms with Gasteiger partial charge in [-0.1, -0.05) is 6.92 Å². The fourth-order valence-electron chi connectivity index (χ4n) is 2.17. The van der Waals surface area contributed by atoms with Crippen LogP contribution >= 0.6 is 0 Å². The van der Waals surface area contributed by atoms with E-state index in [9.17, 15) is 4.39 Å². The lowest BCUT2D eigenvalue weighted by molar-refractivity contribution is 0.520. The van der Waals surface area contributed by atoms with E-state index >= 15 is 0 Å². The molecule has 1 aromatic carbocycles. The highest BCUT2D eigenvalue weighted by molar-refractivity contribution is 5.77. The summed E-state index contributed by atoms with van der Waals surface area (Å²) in [7, 11) is 0. The first kappa shape index (κ1) is 10.6. The lowest BCUT2D eigenvalue weighted by Gasteiger charge is -2.12. The molecule has 0 aliphatic heterocycles. The quantitative estimate of drug-likeness (QED) is 0.850. The van der Waals surface area contributed by atoms with Gasteiger partial charge in [-0.15, -0.1) is 0 Å². The minimum atomic E-state index is -0.236. The van der Waals surface area contributed by atoms with Crippen molar-refractivity contribution in [1.82, 2.24) is 9.97 Å². The van der Waals surface area contributed by atoms with Crippen molar-refractivity contribution >= 4 is 17.0 Å². The highest BCUT2D eigenvalue weighted by Crippen LogP contribution is 2.48. The van der Waals surface area contributed by atoms with Crippen LogP contribution in [0, 0.1) is 11.2 Å². The van der Waals surface area contributed by atoms with Crippen molar-refractivity contribution in [2.24, 2.45) is 5.41 Å². The molecule has 1 aliphatic rings. The van der Waals surface area contributed by atoms with E-state index in [1.54, 1.807) is 6.07 Å². The summed E-state index contributed by atoms with van der Waals surface area (Å²) in [5, 5.41) is 3.32. The van der Waals surface area contributed by atoms with Gasteiger partial charge in [-0.05, 0) is 42.9 Å². The molecule has 2 aromatic rings. The Labute approximate surface area is 99.4 Å². The van der Waals surface area contributed by atoms with Crippen LogP contribution in [0.4, 0.5) is 10.3 Å². The van der Waals surface area contributed by atoms with Crippen LogP contribution in [0.5, 0.6) is 0 Å². The molecule has 0 bridgehead atoms. The van der Waals surface area contributed by atoms with Gasteiger partial charge in [0.25, 0.3) is 0 Å². The predicted molar refractivity (Wildman–Crippen MR) is 66.5 cm³/mol. The first-order valence-corrected chi connectivity index (χ1v) is 6.10. The molecule has 3 rings (SSSR count). The van der Waals surface area contributed by atoms with E-state index < -0.39 is 0 Å². The van der Waals surface area contributed by atoms with E-state index in [1.165, 1.54) is 31.4 Å². The fourth-order valence-corrected chi connectivity index (χ4v) is 2.17. The van der Waals surface area contributed by atoms with Gasteiger partial charge in [0, 0.05) is 6.54 Å². The first-order valence-electron chi connectivity index (χ1n) is 6.10. The average Bonchev–Trinajstić information content (AvgIpc) is 3.00. The molecule has 0 spiro atoms. The minimum absolute atomic E-state index is 0.236. The third kappa shape index (κ3) is 1.99. The van der Waals surface area contributed by atoms with Crippen LogP contribution in [-0.2, 0) is 0 Å². The fraction of sp³-hybridized carbons (Fsp3) is 0.462. The van der Waals surface area contributed by atoms with Crippen molar-refractivity contribution in [3.05, 3.63) is 24.0 Å². The number of aromatic nitrogens is 2. The lowest BCUT2D eigenvalue weighted by atomic mass is 10.0. The molecule has 1 aromatic heterocycles. The molecule has 1 saturated carbocycles. The molecule has 3 nitrogen and oxygen atoms in total. The zero-order valence-corrected chi connectivity index (χ0v) is 9.89. The number of nitrogens with one attached hydrogen (secondary N) is 2. The van der Waals surface area contributed by atoms with Gasteiger partial charge in [0.1, 0.15) is 5.82 Å². The third-order valence-corrected chi connectivity index (χ3v) is 3.78. The maximum Gasteiger partial charge on any atom is 0.201 e. The summed E-state index contributed by atoms with van der Waals surface area (Å²) in [6, 6.07) is 4.60. The summed E-state index contributed by atoms with van der Waals surface area (Å²) in [6.45, 7) is 3.18. The lowest BCUT2D eigenvalue weighted by Crippen LogP contribution is -2.14. The highest BCUT2D eigenvalue weighted by atomic mass is 19.1. The van der Waals surface area contributed by atoms with Gasteiger partial charge >= 0.3 is 0 Å². The van der Waals surface area contributed by atoms with E-state index in [0.29, 0.717) is 5.41 Å². The molecule has 4 heteroatoms. The van der Waals surface area contributed by atoms with E-state index in [4.69, 9.17) is 0 Å². The molecule has 90 valence electrons. The number of hydrogen-bond donors (Lipinski definition) is 2. The Bertz CT molecular complexity index is 543. The second kappa shape index (κ2) is 3.72. The van der Waals surface area contributed by atoms with Gasteiger partial charge in [-0.3, -0.25) is 0 Å². The topological polar surface area (TPSA) is 40.7 Å². The Kier molecular flexibility index (Phi) is 2.31. The SMILES string of the molecule is CCC1(CNc2nc3ccc(F)cc3[nH]2)CC1. The molecule has 1 heterocycles. The van der Waals surface area contributed by atoms with Crippen LogP contribution in [0.15, 0.2) is 18.2 Å². The number of hydrogen-bond acceptors (Lipinski definition) is 2. The summed E-state index contributed by atoms with van der Waals surface area (Å²) >= 11 is 0. The zero-order valence-electron chi connectivity index (χ0n) is 9.89. The normalized spacial score (nSPS) is 17.3. The molecule has 0 saturated heterocycles. The van der Waals surface area contributed by atoms with E-state index in [2.05, 4.69) is 22.2 Å². The zero-order chi connectivity index (χ0) is 11.9. The van der Waals surface area contributed by atoms with E-state index in [-0.39, 0.29) is 5.82 Å². The minimum Gasteiger partial charge on any atom is -0.355 e. The van der Waals surface area contributed by atoms with Crippen molar-refractivity contribution in [3.63, 3.8) is 0 Å². The number of halogens is 1. The second-order valence-electron chi connectivity index (χ2n) is 4.95. The first-order chi connectivity index (χ1) is 8.21. The van der Waals surface area contributed by atoms with Crippen LogP contribution in [0.2, 0.25) is 0 Å². The Hall–Kier alpha value is -1.58. The number of H-pyrrole nitrogens is 1. The monoisotopic (exact) mass is 233 g/mol. The van der Waals surface area contributed by atoms with Crippen LogP contribution in [0.3, 0.4) is 0 Å². The van der Waals surface area contributed by atoms with Gasteiger partial charge in [-0.25, -0.2) is 9.37 Å². The average molecular weight is 233 g/mol. The van der Waals surface area contributed by atoms with Crippen LogP contribution in [0.25, 0.3) is 11.0 Å². The number of benzene rings is 1. The van der Waals surface area contributed by atoms with Crippen molar-refractivity contribution < 1.29 is 4.39 Å². The van der Waals surface area contributed by atoms with Crippen LogP contribution < -0.4 is 5.32 Å². The van der Waals surface area contributed by atoms with Crippen LogP contribution in [-0.4, -0.2) is 16.5 Å². The molecular weight excluding hydrogens is 217 g/mol. The molecule has 2 N–H and O–H groups in total. The van der Waals surface area contributed by atoms with Gasteiger partial charge in [-0.2, -0.15) is 0 Å². The molecule has 1 aliphatic carbocycles. The number of anilines is 1. The molecule has 0 radical (unpaired) electrons. The Morgan fingerprint density at radius 2 is 2.29 bits per heavy atom. The van der Waals surface area contributed by atoms with E-state index in [0.717, 1.165) is 23.5 Å². The predicted octanol–water partition coefficient (Wildman–Crippen LogP) is 3.30. The van der Waals surface area contributed by atoms with Gasteiger partial charge in [0.05, 0.1) is 11.0 Å². The number of fused-ring (bicyclic) bond motifs is 1. The van der Waals surface area contributed by atoms with Crippen molar-refractivity contribution in [3.8, 4) is 0 Å². The van der Waals surface area contributed by atoms with Gasteiger partial charge in [0.15, 0.2) is 0 Å². The number of imidazole rings is 1. The maximum atomic E-state index is 13.0. The van der Waals surface area contributed by atoms with E-state index in [1.807, 2.05) is 0 Å². The van der Waals surface area contributed by atoms with Crippen molar-refractivity contribution in [2.75, 3.05) is 11.9 Å². The van der Waals surface area contributed by atoms with Crippen molar-refractivity contribution in [2.45, 2.75) is 26.2 Å². The number of nitrogens with zero attached hydrogens (tertiary/aromatic N) is 1. The smallest absolute Gasteiger partial charge is 0.201 e. The van der Waals surface area contributed by atoms with Gasteiger partial charge in [0.2, 0.25) is 5.95 Å². The Morgan fingerprint density at radius 1 is 1.47 bits per heavy atom. The second-order valence-corrected chi connectivity index (χ2v) is 4.95. The number of aromatic amines is 1. The van der Waals surface area contributed by atoms with Crippen molar-refractivity contribution in [1.29, 1.82) is 0 Å². The Morgan fingerprint density at radius 3 is 3.00 bits per heavy atom. The molecule has 0 unspecified atom stereocenters. The van der Waals surface area contributed by atoms with Crippen LogP contribution in [0.1, 0.15) is 26.2 Å². The highest BCUT2D eigenvalue weighted by Gasteiger charge is 2.40. The summed E-state index contributed by atoms with van der Waals surface area (Å²) < 4.78 is 13.0.